The second-order valence-corrected chi connectivity index (χ2v) is 5.28. The van der Waals surface area contributed by atoms with Crippen LogP contribution in [0, 0.1) is 5.92 Å². The van der Waals surface area contributed by atoms with Gasteiger partial charge in [-0.05, 0) is 18.6 Å². The third-order valence-corrected chi connectivity index (χ3v) is 3.61. The minimum atomic E-state index is -1.04. The van der Waals surface area contributed by atoms with Crippen molar-refractivity contribution >= 4 is 22.8 Å². The third kappa shape index (κ3) is 3.55. The van der Waals surface area contributed by atoms with Crippen LogP contribution < -0.4 is 5.32 Å². The molecule has 2 atom stereocenters. The number of para-hydroxylation sites is 1. The maximum atomic E-state index is 12.0. The van der Waals surface area contributed by atoms with Gasteiger partial charge in [-0.15, -0.1) is 0 Å². The quantitative estimate of drug-likeness (QED) is 0.717. The Labute approximate surface area is 129 Å². The lowest BCUT2D eigenvalue weighted by Crippen LogP contribution is -2.44. The monoisotopic (exact) mass is 300 g/mol. The van der Waals surface area contributed by atoms with E-state index in [-0.39, 0.29) is 18.2 Å². The number of fused-ring (bicyclic) bond motifs is 1. The van der Waals surface area contributed by atoms with E-state index in [0.29, 0.717) is 0 Å². The van der Waals surface area contributed by atoms with Crippen molar-refractivity contribution in [3.8, 4) is 0 Å². The predicted octanol–water partition coefficient (Wildman–Crippen LogP) is 2.49. The van der Waals surface area contributed by atoms with Gasteiger partial charge in [0.25, 0.3) is 0 Å². The molecule has 0 spiro atoms. The topological polar surface area (TPSA) is 82.2 Å². The van der Waals surface area contributed by atoms with Crippen LogP contribution in [-0.2, 0) is 16.0 Å². The number of allylic oxidation sites excluding steroid dienone is 1. The lowest BCUT2D eigenvalue weighted by atomic mass is 10.0. The first-order valence-electron chi connectivity index (χ1n) is 7.24. The van der Waals surface area contributed by atoms with Crippen molar-refractivity contribution in [3.05, 3.63) is 48.2 Å². The first-order valence-corrected chi connectivity index (χ1v) is 7.24. The Bertz CT molecular complexity index is 703. The van der Waals surface area contributed by atoms with Gasteiger partial charge in [-0.25, -0.2) is 4.79 Å². The van der Waals surface area contributed by atoms with E-state index in [4.69, 9.17) is 0 Å². The summed E-state index contributed by atoms with van der Waals surface area (Å²) in [6, 6.07) is 6.74. The van der Waals surface area contributed by atoms with Crippen molar-refractivity contribution in [3.63, 3.8) is 0 Å². The van der Waals surface area contributed by atoms with Gasteiger partial charge in [0.1, 0.15) is 6.04 Å². The number of carboxylic acids is 1. The summed E-state index contributed by atoms with van der Waals surface area (Å²) in [5.41, 5.74) is 1.83. The molecule has 1 amide bonds. The zero-order valence-corrected chi connectivity index (χ0v) is 12.7. The van der Waals surface area contributed by atoms with E-state index in [0.717, 1.165) is 16.5 Å². The number of benzene rings is 1. The summed E-state index contributed by atoms with van der Waals surface area (Å²) >= 11 is 0. The second kappa shape index (κ2) is 6.93. The van der Waals surface area contributed by atoms with E-state index in [1.165, 1.54) is 0 Å². The molecule has 116 valence electrons. The summed E-state index contributed by atoms with van der Waals surface area (Å²) in [6.07, 6.45) is 5.55. The molecule has 2 aromatic rings. The van der Waals surface area contributed by atoms with Crippen LogP contribution in [0.2, 0.25) is 0 Å². The molecule has 0 radical (unpaired) electrons. The van der Waals surface area contributed by atoms with E-state index < -0.39 is 12.0 Å². The number of carbonyl (C=O) groups is 2. The molecule has 3 N–H and O–H groups in total. The van der Waals surface area contributed by atoms with Gasteiger partial charge in [-0.3, -0.25) is 4.79 Å². The van der Waals surface area contributed by atoms with Gasteiger partial charge in [0, 0.05) is 23.5 Å². The summed E-state index contributed by atoms with van der Waals surface area (Å²) in [5.74, 6) is -1.67. The highest BCUT2D eigenvalue weighted by Crippen LogP contribution is 2.19. The van der Waals surface area contributed by atoms with Crippen LogP contribution >= 0.6 is 0 Å². The van der Waals surface area contributed by atoms with Gasteiger partial charge in [-0.1, -0.05) is 37.3 Å². The highest BCUT2D eigenvalue weighted by atomic mass is 16.4. The van der Waals surface area contributed by atoms with Crippen molar-refractivity contribution in [2.75, 3.05) is 0 Å². The van der Waals surface area contributed by atoms with Crippen LogP contribution in [0.3, 0.4) is 0 Å². The number of aromatic amines is 1. The maximum Gasteiger partial charge on any atom is 0.326 e. The van der Waals surface area contributed by atoms with E-state index in [9.17, 15) is 14.7 Å². The Hall–Kier alpha value is -2.56. The standard InChI is InChI=1S/C17H20N2O3/c1-3-6-11(2)16(20)19-15(17(21)22)9-12-10-18-14-8-5-4-7-13(12)14/h3-8,10-11,15,18H,9H2,1-2H3,(H,19,20)(H,21,22)/t11?,15-/m0/s1. The van der Waals surface area contributed by atoms with Gasteiger partial charge in [0.05, 0.1) is 5.92 Å². The van der Waals surface area contributed by atoms with Crippen molar-refractivity contribution in [2.24, 2.45) is 5.92 Å². The molecule has 0 fully saturated rings. The van der Waals surface area contributed by atoms with Crippen molar-refractivity contribution in [1.29, 1.82) is 0 Å². The van der Waals surface area contributed by atoms with Crippen LogP contribution in [0.5, 0.6) is 0 Å². The van der Waals surface area contributed by atoms with Gasteiger partial charge in [-0.2, -0.15) is 0 Å². The molecule has 5 heteroatoms. The van der Waals surface area contributed by atoms with Crippen molar-refractivity contribution < 1.29 is 14.7 Å². The first-order chi connectivity index (χ1) is 10.5. The molecule has 0 aliphatic rings. The molecule has 22 heavy (non-hydrogen) atoms. The molecule has 0 aliphatic heterocycles. The summed E-state index contributed by atoms with van der Waals surface area (Å²) in [6.45, 7) is 3.56. The van der Waals surface area contributed by atoms with Crippen molar-refractivity contribution in [1.82, 2.24) is 10.3 Å². The van der Waals surface area contributed by atoms with Crippen LogP contribution in [0.25, 0.3) is 10.9 Å². The maximum absolute atomic E-state index is 12.0. The molecular formula is C17H20N2O3. The Morgan fingerprint density at radius 1 is 1.36 bits per heavy atom. The molecule has 0 aliphatic carbocycles. The van der Waals surface area contributed by atoms with Crippen LogP contribution in [0.1, 0.15) is 19.4 Å². The molecule has 1 heterocycles. The Balaban J connectivity index is 2.15. The molecule has 1 aromatic heterocycles. The number of aliphatic carboxylic acids is 1. The summed E-state index contributed by atoms with van der Waals surface area (Å²) in [7, 11) is 0. The zero-order chi connectivity index (χ0) is 16.1. The van der Waals surface area contributed by atoms with Crippen LogP contribution in [0.4, 0.5) is 0 Å². The van der Waals surface area contributed by atoms with Gasteiger partial charge >= 0.3 is 5.97 Å². The van der Waals surface area contributed by atoms with Gasteiger partial charge < -0.3 is 15.4 Å². The summed E-state index contributed by atoms with van der Waals surface area (Å²) in [5, 5.41) is 12.9. The Morgan fingerprint density at radius 3 is 2.77 bits per heavy atom. The van der Waals surface area contributed by atoms with Crippen LogP contribution in [0.15, 0.2) is 42.6 Å². The number of amides is 1. The number of nitrogens with one attached hydrogen (secondary N) is 2. The highest BCUT2D eigenvalue weighted by molar-refractivity contribution is 5.87. The van der Waals surface area contributed by atoms with Gasteiger partial charge in [0.2, 0.25) is 5.91 Å². The smallest absolute Gasteiger partial charge is 0.326 e. The number of carboxylic acid groups (broad SMARTS) is 1. The Morgan fingerprint density at radius 2 is 2.09 bits per heavy atom. The molecule has 0 bridgehead atoms. The minimum Gasteiger partial charge on any atom is -0.480 e. The highest BCUT2D eigenvalue weighted by Gasteiger charge is 2.23. The van der Waals surface area contributed by atoms with E-state index in [1.807, 2.05) is 31.2 Å². The molecule has 2 rings (SSSR count). The predicted molar refractivity (Wildman–Crippen MR) is 85.5 cm³/mol. The number of hydrogen-bond donors (Lipinski definition) is 3. The lowest BCUT2D eigenvalue weighted by molar-refractivity contribution is -0.142. The molecular weight excluding hydrogens is 280 g/mol. The first kappa shape index (κ1) is 15.8. The van der Waals surface area contributed by atoms with Crippen molar-refractivity contribution in [2.45, 2.75) is 26.3 Å². The lowest BCUT2D eigenvalue weighted by Gasteiger charge is -2.16. The molecule has 1 unspecified atom stereocenters. The van der Waals surface area contributed by atoms with Gasteiger partial charge in [0.15, 0.2) is 0 Å². The van der Waals surface area contributed by atoms with E-state index in [1.54, 1.807) is 25.3 Å². The fraction of sp³-hybridized carbons (Fsp3) is 0.294. The minimum absolute atomic E-state index is 0.244. The number of carbonyl (C=O) groups excluding carboxylic acids is 1. The number of hydrogen-bond acceptors (Lipinski definition) is 2. The number of rotatable bonds is 6. The van der Waals surface area contributed by atoms with E-state index in [2.05, 4.69) is 10.3 Å². The Kier molecular flexibility index (Phi) is 4.99. The fourth-order valence-corrected chi connectivity index (χ4v) is 2.40. The molecule has 1 aromatic carbocycles. The summed E-state index contributed by atoms with van der Waals surface area (Å²) < 4.78 is 0. The number of aromatic nitrogens is 1. The van der Waals surface area contributed by atoms with Crippen LogP contribution in [-0.4, -0.2) is 28.0 Å². The average molecular weight is 300 g/mol. The second-order valence-electron chi connectivity index (χ2n) is 5.28. The SMILES string of the molecule is CC=CC(C)C(=O)N[C@@H](Cc1c[nH]c2ccccc12)C(=O)O. The molecule has 0 saturated heterocycles. The zero-order valence-electron chi connectivity index (χ0n) is 12.7. The normalized spacial score (nSPS) is 14.1. The summed E-state index contributed by atoms with van der Waals surface area (Å²) in [4.78, 5) is 26.6. The average Bonchev–Trinajstić information content (AvgIpc) is 2.90. The fourth-order valence-electron chi connectivity index (χ4n) is 2.40. The largest absolute Gasteiger partial charge is 0.480 e. The number of H-pyrrole nitrogens is 1. The van der Waals surface area contributed by atoms with E-state index >= 15 is 0 Å². The third-order valence-electron chi connectivity index (χ3n) is 3.61. The molecule has 5 nitrogen and oxygen atoms in total. The molecule has 0 saturated carbocycles.